The fraction of sp³-hybridized carbons (Fsp3) is 0.100. The van der Waals surface area contributed by atoms with E-state index in [1.165, 1.54) is 12.1 Å². The summed E-state index contributed by atoms with van der Waals surface area (Å²) in [6, 6.07) is 11.3. The molecule has 0 bridgehead atoms. The van der Waals surface area contributed by atoms with Crippen molar-refractivity contribution < 1.29 is 21.6 Å². The molecule has 0 unspecified atom stereocenters. The van der Waals surface area contributed by atoms with Crippen molar-refractivity contribution in [2.24, 2.45) is 4.99 Å². The molecule has 0 aliphatic carbocycles. The van der Waals surface area contributed by atoms with Gasteiger partial charge < -0.3 is 5.32 Å². The fourth-order valence-electron chi connectivity index (χ4n) is 3.10. The molecular weight excluding hydrogens is 453 g/mol. The van der Waals surface area contributed by atoms with Crippen LogP contribution in [0.25, 0.3) is 0 Å². The van der Waals surface area contributed by atoms with Gasteiger partial charge in [-0.05, 0) is 29.8 Å². The molecule has 0 radical (unpaired) electrons. The number of aromatic nitrogens is 1. The van der Waals surface area contributed by atoms with E-state index in [1.807, 2.05) is 0 Å². The van der Waals surface area contributed by atoms with E-state index >= 15 is 0 Å². The van der Waals surface area contributed by atoms with E-state index in [-0.39, 0.29) is 35.9 Å². The van der Waals surface area contributed by atoms with Gasteiger partial charge in [0.05, 0.1) is 17.9 Å². The molecule has 2 N–H and O–H groups in total. The van der Waals surface area contributed by atoms with Gasteiger partial charge in [0.25, 0.3) is 10.0 Å². The minimum atomic E-state index is -4.25. The normalized spacial score (nSPS) is 15.8. The Hall–Kier alpha value is -3.11. The van der Waals surface area contributed by atoms with E-state index in [9.17, 15) is 21.6 Å². The molecule has 4 rings (SSSR count). The Morgan fingerprint density at radius 2 is 1.84 bits per heavy atom. The highest BCUT2D eigenvalue weighted by atomic mass is 35.5. The quantitative estimate of drug-likeness (QED) is 0.569. The Bertz CT molecular complexity index is 1320. The zero-order valence-corrected chi connectivity index (χ0v) is 17.2. The zero-order valence-electron chi connectivity index (χ0n) is 15.7. The van der Waals surface area contributed by atoms with Crippen molar-refractivity contribution in [2.75, 3.05) is 5.32 Å². The second-order valence-electron chi connectivity index (χ2n) is 6.64. The van der Waals surface area contributed by atoms with Gasteiger partial charge in [-0.25, -0.2) is 31.9 Å². The topological polar surface area (TPSA) is 83.5 Å². The number of anilines is 1. The first-order valence-electron chi connectivity index (χ1n) is 8.94. The van der Waals surface area contributed by atoms with Gasteiger partial charge in [-0.3, -0.25) is 0 Å². The second-order valence-corrected chi connectivity index (χ2v) is 8.70. The largest absolute Gasteiger partial charge is 0.324 e. The van der Waals surface area contributed by atoms with Crippen LogP contribution in [0.4, 0.5) is 18.9 Å². The predicted molar refractivity (Wildman–Crippen MR) is 110 cm³/mol. The smallest absolute Gasteiger partial charge is 0.266 e. The van der Waals surface area contributed by atoms with Crippen LogP contribution in [0.2, 0.25) is 5.02 Å². The predicted octanol–water partition coefficient (Wildman–Crippen LogP) is 4.00. The number of hydrogen-bond acceptors (Lipinski definition) is 4. The van der Waals surface area contributed by atoms with Gasteiger partial charge in [0, 0.05) is 17.0 Å². The maximum atomic E-state index is 14.7. The highest BCUT2D eigenvalue weighted by Crippen LogP contribution is 2.34. The number of pyridine rings is 1. The molecule has 160 valence electrons. The van der Waals surface area contributed by atoms with E-state index in [4.69, 9.17) is 11.6 Å². The van der Waals surface area contributed by atoms with Crippen LogP contribution < -0.4 is 10.0 Å². The van der Waals surface area contributed by atoms with Crippen LogP contribution in [0, 0.1) is 17.6 Å². The Kier molecular flexibility index (Phi) is 5.59. The molecule has 0 saturated heterocycles. The number of guanidine groups is 1. The first kappa shape index (κ1) is 21.1. The van der Waals surface area contributed by atoms with Crippen LogP contribution in [-0.4, -0.2) is 19.4 Å². The number of rotatable bonds is 4. The van der Waals surface area contributed by atoms with E-state index in [0.29, 0.717) is 16.7 Å². The first-order valence-corrected chi connectivity index (χ1v) is 10.8. The Morgan fingerprint density at radius 1 is 1.06 bits per heavy atom. The minimum absolute atomic E-state index is 0.150. The van der Waals surface area contributed by atoms with Gasteiger partial charge in [-0.2, -0.15) is 4.39 Å². The molecule has 6 nitrogen and oxygen atoms in total. The molecule has 0 saturated carbocycles. The number of hydrogen-bond donors (Lipinski definition) is 2. The highest BCUT2D eigenvalue weighted by molar-refractivity contribution is 7.90. The van der Waals surface area contributed by atoms with Crippen molar-refractivity contribution in [3.8, 4) is 0 Å². The zero-order chi connectivity index (χ0) is 22.2. The lowest BCUT2D eigenvalue weighted by atomic mass is 10.0. The molecule has 31 heavy (non-hydrogen) atoms. The number of sulfonamides is 1. The lowest BCUT2D eigenvalue weighted by molar-refractivity contribution is 0.497. The summed E-state index contributed by atoms with van der Waals surface area (Å²) in [6.45, 7) is -0.151. The van der Waals surface area contributed by atoms with Crippen molar-refractivity contribution in [1.29, 1.82) is 0 Å². The molecule has 1 aromatic heterocycles. The summed E-state index contributed by atoms with van der Waals surface area (Å²) in [6.07, 6.45) is -0.160. The van der Waals surface area contributed by atoms with Gasteiger partial charge in [-0.1, -0.05) is 35.9 Å². The van der Waals surface area contributed by atoms with E-state index in [2.05, 4.69) is 20.0 Å². The van der Waals surface area contributed by atoms with Crippen LogP contribution >= 0.6 is 11.6 Å². The summed E-state index contributed by atoms with van der Waals surface area (Å²) < 4.78 is 69.7. The molecule has 2 aromatic carbocycles. The number of nitrogens with zero attached hydrogens (tertiary/aromatic N) is 2. The van der Waals surface area contributed by atoms with Gasteiger partial charge in [-0.15, -0.1) is 0 Å². The fourth-order valence-corrected chi connectivity index (χ4v) is 4.48. The Balaban J connectivity index is 1.77. The third-order valence-electron chi connectivity index (χ3n) is 4.54. The lowest BCUT2D eigenvalue weighted by Crippen LogP contribution is -2.41. The summed E-state index contributed by atoms with van der Waals surface area (Å²) in [4.78, 5) is 7.23. The summed E-state index contributed by atoms with van der Waals surface area (Å²) in [5.41, 5.74) is 0.366. The standard InChI is InChI=1S/C20H14ClF3N4O2S/c21-14-6-2-1-4-11(14)8-13-18(24)15(22)9-16-19(13)27-20(28-31(16,29)30)25-10-12-5-3-7-17(23)26-12/h1-7,9H,8,10H2,(H2,25,27,28). The monoisotopic (exact) mass is 466 g/mol. The van der Waals surface area contributed by atoms with Gasteiger partial charge in [0.15, 0.2) is 11.6 Å². The molecule has 0 spiro atoms. The Labute approximate surface area is 180 Å². The number of nitrogens with one attached hydrogen (secondary N) is 2. The van der Waals surface area contributed by atoms with Crippen molar-refractivity contribution in [2.45, 2.75) is 17.9 Å². The average molecular weight is 467 g/mol. The van der Waals surface area contributed by atoms with Crippen molar-refractivity contribution in [1.82, 2.24) is 9.71 Å². The molecule has 1 aliphatic heterocycles. The second kappa shape index (κ2) is 8.20. The Morgan fingerprint density at radius 3 is 2.58 bits per heavy atom. The lowest BCUT2D eigenvalue weighted by Gasteiger charge is -2.24. The van der Waals surface area contributed by atoms with Crippen molar-refractivity contribution >= 4 is 33.3 Å². The van der Waals surface area contributed by atoms with Crippen LogP contribution in [0.5, 0.6) is 0 Å². The van der Waals surface area contributed by atoms with Gasteiger partial charge >= 0.3 is 0 Å². The molecule has 0 fully saturated rings. The van der Waals surface area contributed by atoms with Crippen LogP contribution in [0.15, 0.2) is 58.4 Å². The molecule has 2 heterocycles. The molecule has 3 aromatic rings. The minimum Gasteiger partial charge on any atom is -0.324 e. The molecular formula is C20H14ClF3N4O2S. The SMILES string of the molecule is O=S1(=O)NC(=NCc2cccc(F)n2)Nc2c1cc(F)c(F)c2Cc1ccccc1Cl. The van der Waals surface area contributed by atoms with E-state index in [0.717, 1.165) is 6.07 Å². The average Bonchev–Trinajstić information content (AvgIpc) is 2.72. The highest BCUT2D eigenvalue weighted by Gasteiger charge is 2.32. The van der Waals surface area contributed by atoms with Gasteiger partial charge in [0.2, 0.25) is 11.9 Å². The van der Waals surface area contributed by atoms with Crippen LogP contribution in [-0.2, 0) is 23.0 Å². The maximum Gasteiger partial charge on any atom is 0.266 e. The third kappa shape index (κ3) is 4.35. The third-order valence-corrected chi connectivity index (χ3v) is 6.27. The molecule has 11 heteroatoms. The number of aliphatic imine (C=N–C) groups is 1. The summed E-state index contributed by atoms with van der Waals surface area (Å²) in [5, 5.41) is 3.02. The molecule has 1 aliphatic rings. The van der Waals surface area contributed by atoms with Crippen LogP contribution in [0.3, 0.4) is 0 Å². The first-order chi connectivity index (χ1) is 14.7. The van der Waals surface area contributed by atoms with E-state index in [1.54, 1.807) is 24.3 Å². The summed E-state index contributed by atoms with van der Waals surface area (Å²) in [7, 11) is -4.25. The van der Waals surface area contributed by atoms with Gasteiger partial charge in [0.1, 0.15) is 4.90 Å². The number of halogens is 4. The van der Waals surface area contributed by atoms with Crippen molar-refractivity contribution in [3.05, 3.63) is 88.0 Å². The van der Waals surface area contributed by atoms with Crippen LogP contribution in [0.1, 0.15) is 16.8 Å². The van der Waals surface area contributed by atoms with Crippen molar-refractivity contribution in [3.63, 3.8) is 0 Å². The molecule has 0 amide bonds. The molecule has 0 atom stereocenters. The number of fused-ring (bicyclic) bond motifs is 1. The summed E-state index contributed by atoms with van der Waals surface area (Å²) >= 11 is 6.14. The maximum absolute atomic E-state index is 14.7. The number of benzene rings is 2. The summed E-state index contributed by atoms with van der Waals surface area (Å²) in [5.74, 6) is -3.45. The van der Waals surface area contributed by atoms with E-state index < -0.39 is 32.5 Å².